The second-order valence-electron chi connectivity index (χ2n) is 6.09. The van der Waals surface area contributed by atoms with Gasteiger partial charge in [-0.25, -0.2) is 23.8 Å². The molecule has 2 aromatic rings. The van der Waals surface area contributed by atoms with Crippen molar-refractivity contribution in [3.8, 4) is 11.5 Å². The van der Waals surface area contributed by atoms with Gasteiger partial charge >= 0.3 is 6.09 Å². The van der Waals surface area contributed by atoms with Gasteiger partial charge in [-0.1, -0.05) is 0 Å². The van der Waals surface area contributed by atoms with E-state index in [-0.39, 0.29) is 12.4 Å². The second kappa shape index (κ2) is 7.24. The number of carbonyl (C=O) groups is 1. The van der Waals surface area contributed by atoms with Crippen molar-refractivity contribution < 1.29 is 13.9 Å². The number of hydrogen-bond acceptors (Lipinski definition) is 6. The number of alkyl carbamates (subject to hydrolysis) is 1. The molecule has 0 unspecified atom stereocenters. The number of aryl methyl sites for hydroxylation is 1. The topological polar surface area (TPSA) is 94.0 Å². The zero-order valence-corrected chi connectivity index (χ0v) is 14.1. The standard InChI is InChI=1S/C15H21FN6O2/c1-15(2,3)24-14(23)18-8-7-17-12-10(16)5-6-11(21-12)13-19-9-20-22(13)4/h5-6,9H,7-8H2,1-4H3,(H,17,21)(H,18,23). The number of anilines is 1. The van der Waals surface area contributed by atoms with Gasteiger partial charge in [0, 0.05) is 20.1 Å². The molecule has 0 radical (unpaired) electrons. The average Bonchev–Trinajstić information content (AvgIpc) is 2.89. The van der Waals surface area contributed by atoms with E-state index < -0.39 is 17.5 Å². The fourth-order valence-electron chi connectivity index (χ4n) is 1.88. The maximum absolute atomic E-state index is 13.8. The van der Waals surface area contributed by atoms with Gasteiger partial charge in [-0.3, -0.25) is 0 Å². The SMILES string of the molecule is Cn1ncnc1-c1ccc(F)c(NCCNC(=O)OC(C)(C)C)n1. The first-order chi connectivity index (χ1) is 11.3. The molecule has 0 atom stereocenters. The Morgan fingerprint density at radius 1 is 1.33 bits per heavy atom. The average molecular weight is 336 g/mol. The Morgan fingerprint density at radius 3 is 2.71 bits per heavy atom. The van der Waals surface area contributed by atoms with Gasteiger partial charge < -0.3 is 15.4 Å². The highest BCUT2D eigenvalue weighted by molar-refractivity contribution is 5.67. The van der Waals surface area contributed by atoms with E-state index in [1.54, 1.807) is 32.5 Å². The van der Waals surface area contributed by atoms with Crippen molar-refractivity contribution in [1.29, 1.82) is 0 Å². The number of ether oxygens (including phenoxy) is 1. The summed E-state index contributed by atoms with van der Waals surface area (Å²) in [4.78, 5) is 19.8. The summed E-state index contributed by atoms with van der Waals surface area (Å²) >= 11 is 0. The Labute approximate surface area is 139 Å². The quantitative estimate of drug-likeness (QED) is 0.811. The first kappa shape index (κ1) is 17.6. The molecule has 130 valence electrons. The number of nitrogens with zero attached hydrogens (tertiary/aromatic N) is 4. The van der Waals surface area contributed by atoms with Crippen molar-refractivity contribution in [3.05, 3.63) is 24.3 Å². The molecule has 1 amide bonds. The summed E-state index contributed by atoms with van der Waals surface area (Å²) in [6, 6.07) is 2.84. The van der Waals surface area contributed by atoms with Crippen LogP contribution in [0.3, 0.4) is 0 Å². The third kappa shape index (κ3) is 4.90. The fraction of sp³-hybridized carbons (Fsp3) is 0.467. The Kier molecular flexibility index (Phi) is 5.32. The van der Waals surface area contributed by atoms with E-state index in [0.29, 0.717) is 18.1 Å². The lowest BCUT2D eigenvalue weighted by Gasteiger charge is -2.19. The van der Waals surface area contributed by atoms with Crippen molar-refractivity contribution in [3.63, 3.8) is 0 Å². The largest absolute Gasteiger partial charge is 0.444 e. The lowest BCUT2D eigenvalue weighted by molar-refractivity contribution is 0.0530. The molecule has 0 saturated heterocycles. The second-order valence-corrected chi connectivity index (χ2v) is 6.09. The first-order valence-corrected chi connectivity index (χ1v) is 7.48. The van der Waals surface area contributed by atoms with E-state index in [1.807, 2.05) is 0 Å². The summed E-state index contributed by atoms with van der Waals surface area (Å²) in [5.41, 5.74) is -0.0608. The van der Waals surface area contributed by atoms with Crippen LogP contribution < -0.4 is 10.6 Å². The number of halogens is 1. The van der Waals surface area contributed by atoms with E-state index >= 15 is 0 Å². The van der Waals surface area contributed by atoms with E-state index in [4.69, 9.17) is 4.74 Å². The van der Waals surface area contributed by atoms with E-state index in [0.717, 1.165) is 0 Å². The third-order valence-corrected chi connectivity index (χ3v) is 2.87. The summed E-state index contributed by atoms with van der Waals surface area (Å²) in [6.07, 6.45) is 0.878. The normalized spacial score (nSPS) is 11.2. The van der Waals surface area contributed by atoms with Crippen LogP contribution in [0.4, 0.5) is 15.0 Å². The van der Waals surface area contributed by atoms with Crippen LogP contribution in [-0.2, 0) is 11.8 Å². The summed E-state index contributed by atoms with van der Waals surface area (Å²) in [7, 11) is 1.73. The number of rotatable bonds is 5. The summed E-state index contributed by atoms with van der Waals surface area (Å²) < 4.78 is 20.5. The molecule has 8 nitrogen and oxygen atoms in total. The van der Waals surface area contributed by atoms with Crippen LogP contribution in [0.25, 0.3) is 11.5 Å². The van der Waals surface area contributed by atoms with Crippen LogP contribution in [0, 0.1) is 5.82 Å². The minimum Gasteiger partial charge on any atom is -0.444 e. The third-order valence-electron chi connectivity index (χ3n) is 2.87. The highest BCUT2D eigenvalue weighted by atomic mass is 19.1. The predicted molar refractivity (Wildman–Crippen MR) is 86.9 cm³/mol. The maximum atomic E-state index is 13.8. The maximum Gasteiger partial charge on any atom is 0.407 e. The van der Waals surface area contributed by atoms with Crippen molar-refractivity contribution >= 4 is 11.9 Å². The minimum absolute atomic E-state index is 0.0847. The predicted octanol–water partition coefficient (Wildman–Crippen LogP) is 1.95. The minimum atomic E-state index is -0.560. The van der Waals surface area contributed by atoms with Crippen LogP contribution in [0.2, 0.25) is 0 Å². The summed E-state index contributed by atoms with van der Waals surface area (Å²) in [5.74, 6) is 0.129. The molecule has 2 aromatic heterocycles. The molecule has 2 heterocycles. The van der Waals surface area contributed by atoms with Crippen molar-refractivity contribution in [2.24, 2.45) is 7.05 Å². The van der Waals surface area contributed by atoms with Crippen LogP contribution >= 0.6 is 0 Å². The van der Waals surface area contributed by atoms with Gasteiger partial charge in [-0.05, 0) is 32.9 Å². The number of aromatic nitrogens is 4. The monoisotopic (exact) mass is 336 g/mol. The Morgan fingerprint density at radius 2 is 2.08 bits per heavy atom. The molecule has 24 heavy (non-hydrogen) atoms. The van der Waals surface area contributed by atoms with Crippen LogP contribution in [0.1, 0.15) is 20.8 Å². The molecule has 0 aliphatic rings. The van der Waals surface area contributed by atoms with Gasteiger partial charge in [0.25, 0.3) is 0 Å². The number of pyridine rings is 1. The van der Waals surface area contributed by atoms with E-state index in [1.165, 1.54) is 18.5 Å². The molecule has 0 aliphatic carbocycles. The summed E-state index contributed by atoms with van der Waals surface area (Å²) in [6.45, 7) is 5.90. The summed E-state index contributed by atoms with van der Waals surface area (Å²) in [5, 5.41) is 9.38. The Balaban J connectivity index is 1.91. The molecule has 0 bridgehead atoms. The lowest BCUT2D eigenvalue weighted by Crippen LogP contribution is -2.35. The molecule has 0 aliphatic heterocycles. The van der Waals surface area contributed by atoms with Crippen LogP contribution in [-0.4, -0.2) is 44.5 Å². The fourth-order valence-corrected chi connectivity index (χ4v) is 1.88. The lowest BCUT2D eigenvalue weighted by atomic mass is 10.2. The Hall–Kier alpha value is -2.71. The molecule has 2 N–H and O–H groups in total. The number of nitrogens with one attached hydrogen (secondary N) is 2. The van der Waals surface area contributed by atoms with Gasteiger partial charge in [-0.15, -0.1) is 0 Å². The molecule has 0 aromatic carbocycles. The molecule has 0 spiro atoms. The van der Waals surface area contributed by atoms with Crippen LogP contribution in [0.15, 0.2) is 18.5 Å². The van der Waals surface area contributed by atoms with Crippen molar-refractivity contribution in [2.45, 2.75) is 26.4 Å². The zero-order chi connectivity index (χ0) is 17.7. The highest BCUT2D eigenvalue weighted by Crippen LogP contribution is 2.18. The van der Waals surface area contributed by atoms with E-state index in [9.17, 15) is 9.18 Å². The molecule has 0 saturated carbocycles. The van der Waals surface area contributed by atoms with Gasteiger partial charge in [-0.2, -0.15) is 5.10 Å². The number of hydrogen-bond donors (Lipinski definition) is 2. The van der Waals surface area contributed by atoms with Crippen molar-refractivity contribution in [2.75, 3.05) is 18.4 Å². The van der Waals surface area contributed by atoms with Gasteiger partial charge in [0.1, 0.15) is 17.6 Å². The number of amides is 1. The first-order valence-electron chi connectivity index (χ1n) is 7.48. The molecule has 2 rings (SSSR count). The smallest absolute Gasteiger partial charge is 0.407 e. The molecule has 0 fully saturated rings. The van der Waals surface area contributed by atoms with Gasteiger partial charge in [0.05, 0.1) is 0 Å². The van der Waals surface area contributed by atoms with Crippen molar-refractivity contribution in [1.82, 2.24) is 25.1 Å². The molecule has 9 heteroatoms. The van der Waals surface area contributed by atoms with Gasteiger partial charge in [0.15, 0.2) is 17.5 Å². The van der Waals surface area contributed by atoms with Crippen LogP contribution in [0.5, 0.6) is 0 Å². The zero-order valence-electron chi connectivity index (χ0n) is 14.1. The van der Waals surface area contributed by atoms with Gasteiger partial charge in [0.2, 0.25) is 0 Å². The van der Waals surface area contributed by atoms with E-state index in [2.05, 4.69) is 25.7 Å². The molecular weight excluding hydrogens is 315 g/mol. The number of carbonyl (C=O) groups excluding carboxylic acids is 1. The highest BCUT2D eigenvalue weighted by Gasteiger charge is 2.15. The Bertz CT molecular complexity index is 710. The molecular formula is C15H21FN6O2.